The molecule has 0 unspecified atom stereocenters. The molecule has 0 amide bonds. The van der Waals surface area contributed by atoms with E-state index in [0.29, 0.717) is 22.9 Å². The van der Waals surface area contributed by atoms with E-state index in [1.165, 1.54) is 0 Å². The van der Waals surface area contributed by atoms with E-state index in [1.54, 1.807) is 25.1 Å². The van der Waals surface area contributed by atoms with Crippen LogP contribution in [0.1, 0.15) is 32.3 Å². The third-order valence-electron chi connectivity index (χ3n) is 3.35. The smallest absolute Gasteiger partial charge is 0.240 e. The number of aryl methyl sites for hydroxylation is 1. The molecule has 0 aliphatic rings. The van der Waals surface area contributed by atoms with Crippen molar-refractivity contribution in [1.82, 2.24) is 4.72 Å². The summed E-state index contributed by atoms with van der Waals surface area (Å²) in [7, 11) is -3.61. The van der Waals surface area contributed by atoms with Gasteiger partial charge in [-0.2, -0.15) is 0 Å². The predicted molar refractivity (Wildman–Crippen MR) is 79.6 cm³/mol. The van der Waals surface area contributed by atoms with Crippen LogP contribution in [0.4, 0.5) is 0 Å². The zero-order valence-corrected chi connectivity index (χ0v) is 13.8. The van der Waals surface area contributed by atoms with Crippen LogP contribution in [-0.2, 0) is 10.0 Å². The number of hydrogen-bond acceptors (Lipinski definition) is 3. The Bertz CT molecular complexity index is 539. The molecule has 0 bridgehead atoms. The first kappa shape index (κ1) is 16.6. The second-order valence-electron chi connectivity index (χ2n) is 4.67. The molecule has 0 fully saturated rings. The molecule has 0 heterocycles. The van der Waals surface area contributed by atoms with Gasteiger partial charge in [0.1, 0.15) is 0 Å². The molecule has 0 atom stereocenters. The van der Waals surface area contributed by atoms with Crippen LogP contribution in [0, 0.1) is 6.92 Å². The lowest BCUT2D eigenvalue weighted by Crippen LogP contribution is -2.42. The Labute approximate surface area is 123 Å². The van der Waals surface area contributed by atoms with E-state index >= 15 is 0 Å². The van der Waals surface area contributed by atoms with Gasteiger partial charge in [0.25, 0.3) is 0 Å². The Hall–Kier alpha value is -0.430. The van der Waals surface area contributed by atoms with Crippen LogP contribution in [-0.4, -0.2) is 25.7 Å². The van der Waals surface area contributed by atoms with Gasteiger partial charge in [0.2, 0.25) is 10.0 Å². The number of benzene rings is 1. The van der Waals surface area contributed by atoms with Crippen LogP contribution in [0.3, 0.4) is 0 Å². The summed E-state index contributed by atoms with van der Waals surface area (Å²) in [5.41, 5.74) is -0.320. The van der Waals surface area contributed by atoms with Crippen molar-refractivity contribution >= 4 is 26.0 Å². The number of halogens is 1. The summed E-state index contributed by atoms with van der Waals surface area (Å²) in [6.07, 6.45) is 1.01. The van der Waals surface area contributed by atoms with E-state index < -0.39 is 15.6 Å². The monoisotopic (exact) mass is 349 g/mol. The number of rotatable bonds is 6. The fraction of sp³-hybridized carbons (Fsp3) is 0.538. The first-order valence-corrected chi connectivity index (χ1v) is 8.50. The van der Waals surface area contributed by atoms with Crippen molar-refractivity contribution in [2.45, 2.75) is 44.1 Å². The lowest BCUT2D eigenvalue weighted by molar-refractivity contribution is 0.0377. The molecule has 0 radical (unpaired) electrons. The Morgan fingerprint density at radius 3 is 2.42 bits per heavy atom. The zero-order valence-electron chi connectivity index (χ0n) is 11.4. The van der Waals surface area contributed by atoms with Crippen LogP contribution in [0.2, 0.25) is 0 Å². The van der Waals surface area contributed by atoms with Gasteiger partial charge in [-0.1, -0.05) is 35.8 Å². The first-order chi connectivity index (χ1) is 8.74. The number of nitrogens with one attached hydrogen (secondary N) is 1. The Kier molecular flexibility index (Phi) is 5.55. The van der Waals surface area contributed by atoms with Gasteiger partial charge >= 0.3 is 0 Å². The molecular weight excluding hydrogens is 330 g/mol. The average Bonchev–Trinajstić information content (AvgIpc) is 2.39. The highest BCUT2D eigenvalue weighted by Crippen LogP contribution is 2.21. The van der Waals surface area contributed by atoms with Gasteiger partial charge < -0.3 is 5.11 Å². The van der Waals surface area contributed by atoms with E-state index in [-0.39, 0.29) is 11.4 Å². The molecule has 6 heteroatoms. The maximum absolute atomic E-state index is 12.2. The molecule has 1 aromatic carbocycles. The Morgan fingerprint density at radius 1 is 1.32 bits per heavy atom. The van der Waals surface area contributed by atoms with E-state index in [1.807, 2.05) is 13.8 Å². The SMILES string of the molecule is CCC(O)(CC)CNS(=O)(=O)c1cc(Br)ccc1C. The van der Waals surface area contributed by atoms with Crippen LogP contribution < -0.4 is 4.72 Å². The molecule has 2 N–H and O–H groups in total. The van der Waals surface area contributed by atoms with Crippen molar-refractivity contribution < 1.29 is 13.5 Å². The minimum Gasteiger partial charge on any atom is -0.389 e. The molecular formula is C13H20BrNO3S. The lowest BCUT2D eigenvalue weighted by atomic mass is 9.98. The van der Waals surface area contributed by atoms with Crippen molar-refractivity contribution in [2.75, 3.05) is 6.54 Å². The van der Waals surface area contributed by atoms with Crippen LogP contribution in [0.5, 0.6) is 0 Å². The second-order valence-corrected chi connectivity index (χ2v) is 7.32. The summed E-state index contributed by atoms with van der Waals surface area (Å²) in [6.45, 7) is 5.44. The highest BCUT2D eigenvalue weighted by atomic mass is 79.9. The number of sulfonamides is 1. The van der Waals surface area contributed by atoms with Gasteiger partial charge in [-0.25, -0.2) is 13.1 Å². The minimum absolute atomic E-state index is 0.0221. The molecule has 0 aromatic heterocycles. The van der Waals surface area contributed by atoms with Crippen LogP contribution >= 0.6 is 15.9 Å². The van der Waals surface area contributed by atoms with E-state index in [2.05, 4.69) is 20.7 Å². The molecule has 0 aliphatic carbocycles. The maximum atomic E-state index is 12.2. The van der Waals surface area contributed by atoms with Gasteiger partial charge in [0, 0.05) is 11.0 Å². The van der Waals surface area contributed by atoms with Crippen molar-refractivity contribution in [3.63, 3.8) is 0 Å². The van der Waals surface area contributed by atoms with Crippen LogP contribution in [0.15, 0.2) is 27.6 Å². The maximum Gasteiger partial charge on any atom is 0.240 e. The van der Waals surface area contributed by atoms with Gasteiger partial charge in [-0.15, -0.1) is 0 Å². The predicted octanol–water partition coefficient (Wildman–Crippen LogP) is 2.59. The molecule has 0 saturated carbocycles. The minimum atomic E-state index is -3.61. The zero-order chi connectivity index (χ0) is 14.7. The summed E-state index contributed by atoms with van der Waals surface area (Å²) in [5.74, 6) is 0. The molecule has 0 saturated heterocycles. The number of hydrogen-bond donors (Lipinski definition) is 2. The lowest BCUT2D eigenvalue weighted by Gasteiger charge is -2.25. The molecule has 4 nitrogen and oxygen atoms in total. The van der Waals surface area contributed by atoms with E-state index in [9.17, 15) is 13.5 Å². The molecule has 0 spiro atoms. The third kappa shape index (κ3) is 4.27. The van der Waals surface area contributed by atoms with Crippen molar-refractivity contribution in [2.24, 2.45) is 0 Å². The summed E-state index contributed by atoms with van der Waals surface area (Å²) >= 11 is 3.27. The third-order valence-corrected chi connectivity index (χ3v) is 5.38. The molecule has 19 heavy (non-hydrogen) atoms. The fourth-order valence-corrected chi connectivity index (χ4v) is 3.57. The quantitative estimate of drug-likeness (QED) is 0.829. The van der Waals surface area contributed by atoms with Crippen LogP contribution in [0.25, 0.3) is 0 Å². The molecule has 108 valence electrons. The van der Waals surface area contributed by atoms with Crippen molar-refractivity contribution in [3.8, 4) is 0 Å². The summed E-state index contributed by atoms with van der Waals surface area (Å²) in [4.78, 5) is 0.233. The highest BCUT2D eigenvalue weighted by Gasteiger charge is 2.26. The van der Waals surface area contributed by atoms with Crippen molar-refractivity contribution in [3.05, 3.63) is 28.2 Å². The largest absolute Gasteiger partial charge is 0.389 e. The number of aliphatic hydroxyl groups is 1. The topological polar surface area (TPSA) is 66.4 Å². The standard InChI is InChI=1S/C13H20BrNO3S/c1-4-13(16,5-2)9-15-19(17,18)12-8-11(14)7-6-10(12)3/h6-8,15-16H,4-5,9H2,1-3H3. The average molecular weight is 350 g/mol. The normalized spacial score (nSPS) is 12.7. The van der Waals surface area contributed by atoms with Gasteiger partial charge in [-0.3, -0.25) is 0 Å². The highest BCUT2D eigenvalue weighted by molar-refractivity contribution is 9.10. The Balaban J connectivity index is 2.96. The van der Waals surface area contributed by atoms with Gasteiger partial charge in [0.05, 0.1) is 10.5 Å². The Morgan fingerprint density at radius 2 is 1.89 bits per heavy atom. The molecule has 0 aliphatic heterocycles. The van der Waals surface area contributed by atoms with Gasteiger partial charge in [-0.05, 0) is 37.5 Å². The second kappa shape index (κ2) is 6.35. The van der Waals surface area contributed by atoms with E-state index in [0.717, 1.165) is 0 Å². The summed E-state index contributed by atoms with van der Waals surface area (Å²) in [6, 6.07) is 5.10. The van der Waals surface area contributed by atoms with E-state index in [4.69, 9.17) is 0 Å². The molecule has 1 aromatic rings. The summed E-state index contributed by atoms with van der Waals surface area (Å²) in [5, 5.41) is 10.1. The van der Waals surface area contributed by atoms with Gasteiger partial charge in [0.15, 0.2) is 0 Å². The first-order valence-electron chi connectivity index (χ1n) is 6.22. The molecule has 1 rings (SSSR count). The van der Waals surface area contributed by atoms with Crippen molar-refractivity contribution in [1.29, 1.82) is 0 Å². The summed E-state index contributed by atoms with van der Waals surface area (Å²) < 4.78 is 27.7. The fourth-order valence-electron chi connectivity index (χ4n) is 1.67.